The topological polar surface area (TPSA) is 51.2 Å². The molecule has 0 saturated heterocycles. The van der Waals surface area contributed by atoms with Crippen molar-refractivity contribution in [3.05, 3.63) is 58.1 Å². The summed E-state index contributed by atoms with van der Waals surface area (Å²) in [5.41, 5.74) is 2.55. The van der Waals surface area contributed by atoms with E-state index in [1.54, 1.807) is 25.3 Å². The van der Waals surface area contributed by atoms with Gasteiger partial charge in [0, 0.05) is 33.3 Å². The van der Waals surface area contributed by atoms with Gasteiger partial charge in [-0.25, -0.2) is 4.98 Å². The number of nitrogens with one attached hydrogen (secondary N) is 1. The smallest absolute Gasteiger partial charge is 0.225 e. The number of pyridine rings is 1. The third-order valence-corrected chi connectivity index (χ3v) is 5.28. The van der Waals surface area contributed by atoms with Crippen LogP contribution in [0.4, 0.5) is 5.69 Å². The molecule has 1 N–H and O–H groups in total. The highest BCUT2D eigenvalue weighted by atomic mass is 35.5. The van der Waals surface area contributed by atoms with Crippen LogP contribution in [0.2, 0.25) is 10.0 Å². The Balaban J connectivity index is 1.64. The van der Waals surface area contributed by atoms with Crippen molar-refractivity contribution < 1.29 is 9.53 Å². The Kier molecular flexibility index (Phi) is 6.47. The number of methoxy groups -OCH3 is 1. The van der Waals surface area contributed by atoms with Crippen molar-refractivity contribution in [2.45, 2.75) is 18.4 Å². The van der Waals surface area contributed by atoms with Gasteiger partial charge in [0.1, 0.15) is 11.3 Å². The maximum atomic E-state index is 12.2. The zero-order valence-electron chi connectivity index (χ0n) is 14.9. The molecule has 7 heteroatoms. The number of carbonyl (C=O) groups is 1. The van der Waals surface area contributed by atoms with Gasteiger partial charge in [-0.15, -0.1) is 11.8 Å². The molecule has 0 aliphatic heterocycles. The molecule has 0 atom stereocenters. The average molecular weight is 421 g/mol. The zero-order valence-corrected chi connectivity index (χ0v) is 17.2. The van der Waals surface area contributed by atoms with Crippen LogP contribution >= 0.6 is 35.0 Å². The van der Waals surface area contributed by atoms with Gasteiger partial charge in [0.2, 0.25) is 5.91 Å². The van der Waals surface area contributed by atoms with E-state index in [4.69, 9.17) is 27.9 Å². The monoisotopic (exact) mass is 420 g/mol. The number of hydrogen-bond donors (Lipinski definition) is 1. The van der Waals surface area contributed by atoms with E-state index in [1.807, 2.05) is 31.2 Å². The number of anilines is 1. The molecule has 0 spiro atoms. The molecule has 0 aliphatic carbocycles. The van der Waals surface area contributed by atoms with Gasteiger partial charge in [-0.05, 0) is 42.8 Å². The molecule has 0 bridgehead atoms. The number of benzene rings is 2. The van der Waals surface area contributed by atoms with Crippen molar-refractivity contribution in [1.82, 2.24) is 4.98 Å². The summed E-state index contributed by atoms with van der Waals surface area (Å²) in [4.78, 5) is 16.8. The average Bonchev–Trinajstić information content (AvgIpc) is 2.60. The molecule has 0 unspecified atom stereocenters. The predicted molar refractivity (Wildman–Crippen MR) is 113 cm³/mol. The number of carbonyl (C=O) groups excluding carboxylic acids is 1. The van der Waals surface area contributed by atoms with Crippen molar-refractivity contribution in [3.8, 4) is 5.75 Å². The van der Waals surface area contributed by atoms with E-state index in [0.717, 1.165) is 27.2 Å². The summed E-state index contributed by atoms with van der Waals surface area (Å²) in [7, 11) is 1.64. The van der Waals surface area contributed by atoms with Crippen molar-refractivity contribution in [1.29, 1.82) is 0 Å². The number of para-hydroxylation sites is 1. The number of thioether (sulfide) groups is 1. The first kappa shape index (κ1) is 19.8. The summed E-state index contributed by atoms with van der Waals surface area (Å²) in [6.07, 6.45) is 0.347. The van der Waals surface area contributed by atoms with Crippen LogP contribution in [0.25, 0.3) is 10.9 Å². The minimum absolute atomic E-state index is 0.101. The van der Waals surface area contributed by atoms with Gasteiger partial charge in [-0.1, -0.05) is 35.3 Å². The van der Waals surface area contributed by atoms with Crippen molar-refractivity contribution in [2.75, 3.05) is 18.2 Å². The van der Waals surface area contributed by atoms with E-state index in [0.29, 0.717) is 27.9 Å². The van der Waals surface area contributed by atoms with Crippen LogP contribution in [-0.2, 0) is 4.79 Å². The number of fused-ring (bicyclic) bond motifs is 1. The molecular weight excluding hydrogens is 403 g/mol. The van der Waals surface area contributed by atoms with Crippen LogP contribution in [0.15, 0.2) is 47.5 Å². The maximum absolute atomic E-state index is 12.2. The van der Waals surface area contributed by atoms with Gasteiger partial charge >= 0.3 is 0 Å². The molecular formula is C20H18Cl2N2O2S. The minimum Gasteiger partial charge on any atom is -0.494 e. The molecule has 0 saturated carbocycles. The second kappa shape index (κ2) is 8.83. The number of rotatable bonds is 6. The molecule has 1 aromatic heterocycles. The molecule has 3 rings (SSSR count). The Morgan fingerprint density at radius 1 is 1.19 bits per heavy atom. The quantitative estimate of drug-likeness (QED) is 0.498. The Morgan fingerprint density at radius 2 is 1.93 bits per heavy atom. The van der Waals surface area contributed by atoms with E-state index in [1.165, 1.54) is 11.8 Å². The van der Waals surface area contributed by atoms with Crippen LogP contribution in [0.3, 0.4) is 0 Å². The molecule has 4 nitrogen and oxygen atoms in total. The first-order chi connectivity index (χ1) is 13.0. The molecule has 27 heavy (non-hydrogen) atoms. The zero-order chi connectivity index (χ0) is 19.4. The summed E-state index contributed by atoms with van der Waals surface area (Å²) in [5, 5.41) is 5.70. The Bertz CT molecular complexity index is 975. The molecule has 2 aromatic carbocycles. The highest BCUT2D eigenvalue weighted by Gasteiger charge is 2.09. The molecule has 140 valence electrons. The first-order valence-corrected chi connectivity index (χ1v) is 10.0. The van der Waals surface area contributed by atoms with E-state index >= 15 is 0 Å². The fourth-order valence-corrected chi connectivity index (χ4v) is 4.14. The van der Waals surface area contributed by atoms with E-state index in [9.17, 15) is 4.79 Å². The molecule has 3 aromatic rings. The molecule has 1 amide bonds. The highest BCUT2D eigenvalue weighted by Crippen LogP contribution is 2.30. The SMILES string of the molecule is COc1cccc2c(C)cc(SCCC(=O)Nc3cc(Cl)cc(Cl)c3)nc12. The van der Waals surface area contributed by atoms with Crippen molar-refractivity contribution in [3.63, 3.8) is 0 Å². The van der Waals surface area contributed by atoms with Gasteiger partial charge in [-0.2, -0.15) is 0 Å². The summed E-state index contributed by atoms with van der Waals surface area (Å²) < 4.78 is 5.41. The van der Waals surface area contributed by atoms with Gasteiger partial charge in [0.25, 0.3) is 0 Å². The number of halogens is 2. The fraction of sp³-hybridized carbons (Fsp3) is 0.200. The van der Waals surface area contributed by atoms with Gasteiger partial charge in [0.05, 0.1) is 12.1 Å². The third kappa shape index (κ3) is 5.06. The summed E-state index contributed by atoms with van der Waals surface area (Å²) in [6, 6.07) is 12.9. The lowest BCUT2D eigenvalue weighted by Crippen LogP contribution is -2.12. The summed E-state index contributed by atoms with van der Waals surface area (Å²) in [6.45, 7) is 2.04. The number of amides is 1. The van der Waals surface area contributed by atoms with Crippen LogP contribution in [0.5, 0.6) is 5.75 Å². The standard InChI is InChI=1S/C20H18Cl2N2O2S/c1-12-8-19(24-20-16(12)4-3-5-17(20)26-2)27-7-6-18(25)23-15-10-13(21)9-14(22)11-15/h3-5,8-11H,6-7H2,1-2H3,(H,23,25). The molecule has 1 heterocycles. The van der Waals surface area contributed by atoms with Crippen molar-refractivity contribution >= 4 is 57.5 Å². The highest BCUT2D eigenvalue weighted by molar-refractivity contribution is 7.99. The predicted octanol–water partition coefficient (Wildman–Crippen LogP) is 5.98. The van der Waals surface area contributed by atoms with Gasteiger partial charge in [0.15, 0.2) is 0 Å². The van der Waals surface area contributed by atoms with E-state index in [-0.39, 0.29) is 5.91 Å². The lowest BCUT2D eigenvalue weighted by atomic mass is 10.1. The Labute approximate surface area is 172 Å². The summed E-state index contributed by atoms with van der Waals surface area (Å²) in [5.74, 6) is 1.25. The minimum atomic E-state index is -0.101. The van der Waals surface area contributed by atoms with Gasteiger partial charge < -0.3 is 10.1 Å². The van der Waals surface area contributed by atoms with E-state index < -0.39 is 0 Å². The lowest BCUT2D eigenvalue weighted by Gasteiger charge is -2.10. The largest absolute Gasteiger partial charge is 0.494 e. The number of aryl methyl sites for hydroxylation is 1. The maximum Gasteiger partial charge on any atom is 0.225 e. The van der Waals surface area contributed by atoms with Crippen LogP contribution in [0.1, 0.15) is 12.0 Å². The third-order valence-electron chi connectivity index (χ3n) is 3.93. The lowest BCUT2D eigenvalue weighted by molar-refractivity contribution is -0.115. The number of hydrogen-bond acceptors (Lipinski definition) is 4. The second-order valence-electron chi connectivity index (χ2n) is 5.94. The van der Waals surface area contributed by atoms with Gasteiger partial charge in [-0.3, -0.25) is 4.79 Å². The van der Waals surface area contributed by atoms with Crippen LogP contribution in [-0.4, -0.2) is 23.8 Å². The fourth-order valence-electron chi connectivity index (χ4n) is 2.70. The number of aromatic nitrogens is 1. The first-order valence-electron chi connectivity index (χ1n) is 8.29. The summed E-state index contributed by atoms with van der Waals surface area (Å²) >= 11 is 13.4. The van der Waals surface area contributed by atoms with Crippen LogP contribution < -0.4 is 10.1 Å². The normalized spacial score (nSPS) is 10.8. The Hall–Kier alpha value is -1.95. The molecule has 0 fully saturated rings. The second-order valence-corrected chi connectivity index (χ2v) is 7.93. The van der Waals surface area contributed by atoms with Crippen LogP contribution in [0, 0.1) is 6.92 Å². The molecule has 0 aliphatic rings. The number of nitrogens with zero attached hydrogens (tertiary/aromatic N) is 1. The number of ether oxygens (including phenoxy) is 1. The Morgan fingerprint density at radius 3 is 2.63 bits per heavy atom. The van der Waals surface area contributed by atoms with Crippen molar-refractivity contribution in [2.24, 2.45) is 0 Å². The molecule has 0 radical (unpaired) electrons. The van der Waals surface area contributed by atoms with E-state index in [2.05, 4.69) is 10.3 Å².